The zero-order chi connectivity index (χ0) is 23.2. The van der Waals surface area contributed by atoms with E-state index in [1.54, 1.807) is 23.8 Å². The van der Waals surface area contributed by atoms with Gasteiger partial charge in [-0.15, -0.1) is 5.10 Å². The summed E-state index contributed by atoms with van der Waals surface area (Å²) in [6, 6.07) is 5.78. The van der Waals surface area contributed by atoms with E-state index in [9.17, 15) is 9.59 Å². The second-order valence-corrected chi connectivity index (χ2v) is 9.27. The predicted molar refractivity (Wildman–Crippen MR) is 126 cm³/mol. The lowest BCUT2D eigenvalue weighted by Gasteiger charge is -2.31. The van der Waals surface area contributed by atoms with Crippen LogP contribution in [0.3, 0.4) is 0 Å². The average molecular weight is 449 g/mol. The van der Waals surface area contributed by atoms with E-state index in [1.807, 2.05) is 36.9 Å². The molecule has 1 saturated heterocycles. The van der Waals surface area contributed by atoms with Crippen LogP contribution in [-0.2, 0) is 15.0 Å². The van der Waals surface area contributed by atoms with E-state index in [0.717, 1.165) is 49.4 Å². The molecule has 3 N–H and O–H groups in total. The lowest BCUT2D eigenvalue weighted by molar-refractivity contribution is -0.130. The molecule has 3 aromatic rings. The van der Waals surface area contributed by atoms with Gasteiger partial charge in [-0.25, -0.2) is 9.50 Å². The Bertz CT molecular complexity index is 1230. The molecule has 2 aromatic heterocycles. The van der Waals surface area contributed by atoms with Gasteiger partial charge in [-0.05, 0) is 50.3 Å². The van der Waals surface area contributed by atoms with Crippen LogP contribution in [0.2, 0.25) is 0 Å². The fourth-order valence-corrected chi connectivity index (χ4v) is 4.49. The number of rotatable bonds is 5. The Morgan fingerprint density at radius 2 is 2.06 bits per heavy atom. The van der Waals surface area contributed by atoms with E-state index in [4.69, 9.17) is 0 Å². The second kappa shape index (κ2) is 8.02. The highest BCUT2D eigenvalue weighted by Crippen LogP contribution is 2.38. The van der Waals surface area contributed by atoms with Crippen molar-refractivity contribution >= 4 is 40.6 Å². The number of likely N-dealkylation sites (tertiary alicyclic amines) is 1. The minimum absolute atomic E-state index is 0.00531. The summed E-state index contributed by atoms with van der Waals surface area (Å²) < 4.78 is 1.69. The van der Waals surface area contributed by atoms with Crippen LogP contribution >= 0.6 is 0 Å². The molecule has 1 fully saturated rings. The fraction of sp³-hybridized carbons (Fsp3) is 0.435. The number of carbonyl (C=O) groups is 2. The number of carbonyl (C=O) groups excluding carboxylic acids is 2. The van der Waals surface area contributed by atoms with Crippen molar-refractivity contribution in [1.82, 2.24) is 24.5 Å². The SMILES string of the molecule is CC(=O)N1CCC(CNc2nccn3nc(Nc4ccc5c(c4)NC(=O)C5(C)C)nc23)CC1. The molecule has 0 saturated carbocycles. The molecule has 33 heavy (non-hydrogen) atoms. The Labute approximate surface area is 191 Å². The highest BCUT2D eigenvalue weighted by atomic mass is 16.2. The van der Waals surface area contributed by atoms with Crippen LogP contribution in [0.5, 0.6) is 0 Å². The first-order valence-corrected chi connectivity index (χ1v) is 11.2. The first-order valence-electron chi connectivity index (χ1n) is 11.2. The van der Waals surface area contributed by atoms with Crippen molar-refractivity contribution in [2.24, 2.45) is 5.92 Å². The van der Waals surface area contributed by atoms with Gasteiger partial charge in [-0.3, -0.25) is 9.59 Å². The van der Waals surface area contributed by atoms with Crippen LogP contribution in [0, 0.1) is 5.92 Å². The molecule has 10 heteroatoms. The van der Waals surface area contributed by atoms with Crippen molar-refractivity contribution in [3.8, 4) is 0 Å². The smallest absolute Gasteiger partial charge is 0.247 e. The monoisotopic (exact) mass is 448 g/mol. The lowest BCUT2D eigenvalue weighted by Crippen LogP contribution is -2.38. The van der Waals surface area contributed by atoms with Crippen molar-refractivity contribution in [1.29, 1.82) is 0 Å². The molecule has 0 spiro atoms. The third-order valence-corrected chi connectivity index (χ3v) is 6.64. The summed E-state index contributed by atoms with van der Waals surface area (Å²) in [4.78, 5) is 34.7. The summed E-state index contributed by atoms with van der Waals surface area (Å²) in [5, 5.41) is 14.1. The number of hydrogen-bond acceptors (Lipinski definition) is 7. The number of anilines is 4. The van der Waals surface area contributed by atoms with Crippen LogP contribution in [0.25, 0.3) is 5.65 Å². The summed E-state index contributed by atoms with van der Waals surface area (Å²) in [6.07, 6.45) is 5.40. The van der Waals surface area contributed by atoms with E-state index in [0.29, 0.717) is 23.3 Å². The Kier molecular flexibility index (Phi) is 5.15. The molecule has 172 valence electrons. The summed E-state index contributed by atoms with van der Waals surface area (Å²) >= 11 is 0. The van der Waals surface area contributed by atoms with Gasteiger partial charge in [0.25, 0.3) is 0 Å². The molecule has 2 aliphatic rings. The van der Waals surface area contributed by atoms with Crippen LogP contribution in [0.15, 0.2) is 30.6 Å². The number of piperidine rings is 1. The normalized spacial score (nSPS) is 17.7. The molecule has 0 atom stereocenters. The van der Waals surface area contributed by atoms with Crippen molar-refractivity contribution in [3.05, 3.63) is 36.2 Å². The summed E-state index contributed by atoms with van der Waals surface area (Å²) in [5.41, 5.74) is 2.67. The van der Waals surface area contributed by atoms with Crippen molar-refractivity contribution in [3.63, 3.8) is 0 Å². The van der Waals surface area contributed by atoms with Crippen LogP contribution in [-0.4, -0.2) is 55.9 Å². The van der Waals surface area contributed by atoms with Gasteiger partial charge in [0.2, 0.25) is 17.8 Å². The molecule has 10 nitrogen and oxygen atoms in total. The van der Waals surface area contributed by atoms with E-state index in [2.05, 4.69) is 31.0 Å². The van der Waals surface area contributed by atoms with Gasteiger partial charge in [0.15, 0.2) is 11.5 Å². The molecule has 2 amide bonds. The van der Waals surface area contributed by atoms with Gasteiger partial charge in [-0.1, -0.05) is 6.07 Å². The topological polar surface area (TPSA) is 117 Å². The van der Waals surface area contributed by atoms with E-state index in [1.165, 1.54) is 0 Å². The Morgan fingerprint density at radius 1 is 1.27 bits per heavy atom. The quantitative estimate of drug-likeness (QED) is 0.549. The van der Waals surface area contributed by atoms with Crippen LogP contribution in [0.1, 0.15) is 39.2 Å². The third kappa shape index (κ3) is 3.96. The molecule has 0 unspecified atom stereocenters. The summed E-state index contributed by atoms with van der Waals surface area (Å²) in [5.74, 6) is 1.74. The predicted octanol–water partition coefficient (Wildman–Crippen LogP) is 2.77. The van der Waals surface area contributed by atoms with E-state index < -0.39 is 5.41 Å². The van der Waals surface area contributed by atoms with Crippen molar-refractivity contribution in [2.75, 3.05) is 35.6 Å². The molecule has 4 heterocycles. The Hall–Kier alpha value is -3.69. The highest BCUT2D eigenvalue weighted by molar-refractivity contribution is 6.06. The molecular weight excluding hydrogens is 420 g/mol. The van der Waals surface area contributed by atoms with Gasteiger partial charge in [0.05, 0.1) is 5.41 Å². The first kappa shape index (κ1) is 21.2. The average Bonchev–Trinajstić information content (AvgIpc) is 3.30. The van der Waals surface area contributed by atoms with E-state index in [-0.39, 0.29) is 11.8 Å². The standard InChI is InChI=1S/C23H28N8O2/c1-14(32)30-9-6-15(7-10-30)13-25-19-20-28-22(29-31(20)11-8-24-19)26-16-4-5-17-18(12-16)27-21(33)23(17,2)3/h4-5,8,11-12,15H,6-7,9-10,13H2,1-3H3,(H,24,25)(H,26,29)(H,27,33). The van der Waals surface area contributed by atoms with Crippen LogP contribution in [0.4, 0.5) is 23.1 Å². The maximum atomic E-state index is 12.2. The van der Waals surface area contributed by atoms with Gasteiger partial charge in [-0.2, -0.15) is 4.98 Å². The lowest BCUT2D eigenvalue weighted by atomic mass is 9.86. The number of benzene rings is 1. The number of nitrogens with one attached hydrogen (secondary N) is 3. The molecule has 1 aromatic carbocycles. The number of nitrogens with zero attached hydrogens (tertiary/aromatic N) is 5. The van der Waals surface area contributed by atoms with Gasteiger partial charge in [0, 0.05) is 50.3 Å². The number of aromatic nitrogens is 4. The molecular formula is C23H28N8O2. The molecule has 2 aliphatic heterocycles. The van der Waals surface area contributed by atoms with Crippen molar-refractivity contribution in [2.45, 2.75) is 39.0 Å². The number of amides is 2. The minimum Gasteiger partial charge on any atom is -0.367 e. The number of hydrogen-bond donors (Lipinski definition) is 3. The summed E-state index contributed by atoms with van der Waals surface area (Å²) in [7, 11) is 0. The Balaban J connectivity index is 1.28. The molecule has 0 aliphatic carbocycles. The number of fused-ring (bicyclic) bond motifs is 2. The highest BCUT2D eigenvalue weighted by Gasteiger charge is 2.38. The van der Waals surface area contributed by atoms with Crippen molar-refractivity contribution < 1.29 is 9.59 Å². The van der Waals surface area contributed by atoms with Gasteiger partial charge < -0.3 is 20.9 Å². The molecule has 0 bridgehead atoms. The van der Waals surface area contributed by atoms with Crippen LogP contribution < -0.4 is 16.0 Å². The second-order valence-electron chi connectivity index (χ2n) is 9.27. The zero-order valence-corrected chi connectivity index (χ0v) is 19.1. The van der Waals surface area contributed by atoms with Gasteiger partial charge >= 0.3 is 0 Å². The zero-order valence-electron chi connectivity index (χ0n) is 19.1. The molecule has 0 radical (unpaired) electrons. The maximum Gasteiger partial charge on any atom is 0.247 e. The molecule has 5 rings (SSSR count). The Morgan fingerprint density at radius 3 is 2.82 bits per heavy atom. The third-order valence-electron chi connectivity index (χ3n) is 6.64. The van der Waals surface area contributed by atoms with E-state index >= 15 is 0 Å². The largest absolute Gasteiger partial charge is 0.367 e. The first-order chi connectivity index (χ1) is 15.8. The van der Waals surface area contributed by atoms with Gasteiger partial charge in [0.1, 0.15) is 0 Å². The maximum absolute atomic E-state index is 12.2. The fourth-order valence-electron chi connectivity index (χ4n) is 4.49. The summed E-state index contributed by atoms with van der Waals surface area (Å²) in [6.45, 7) is 7.83. The minimum atomic E-state index is -0.538.